The second-order valence-corrected chi connectivity index (χ2v) is 9.58. The Balaban J connectivity index is -0.00000420. The predicted molar refractivity (Wildman–Crippen MR) is 114 cm³/mol. The summed E-state index contributed by atoms with van der Waals surface area (Å²) in [5.41, 5.74) is 0. The first-order valence-corrected chi connectivity index (χ1v) is 13.1. The van der Waals surface area contributed by atoms with Gasteiger partial charge in [-0.05, 0) is 6.42 Å². The van der Waals surface area contributed by atoms with Crippen LogP contribution in [0.5, 0.6) is 0 Å². The third-order valence-corrected chi connectivity index (χ3v) is 6.26. The topological polar surface area (TPSA) is 124 Å². The molecule has 0 saturated carbocycles. The summed E-state index contributed by atoms with van der Waals surface area (Å²) in [4.78, 5) is 22.1. The molecule has 0 aromatic carbocycles. The zero-order valence-electron chi connectivity index (χ0n) is 20.6. The number of hydrogen-bond acceptors (Lipinski definition) is 7. The largest absolute Gasteiger partial charge is 1.00 e. The molecule has 0 N–H and O–H groups in total. The SMILES string of the molecule is CCCCCCCCCCCCCCCCCCOC(=O)C(CC(=O)[O-])S(=O)(=O)[O-].[Na+].[Na+]. The maximum atomic E-state index is 11.6. The third kappa shape index (κ3) is 24.0. The molecule has 0 aliphatic carbocycles. The molecule has 0 heterocycles. The minimum atomic E-state index is -5.08. The van der Waals surface area contributed by atoms with Gasteiger partial charge < -0.3 is 19.2 Å². The fraction of sp³-hybridized carbons (Fsp3) is 0.909. The molecule has 32 heavy (non-hydrogen) atoms. The summed E-state index contributed by atoms with van der Waals surface area (Å²) in [5.74, 6) is -3.09. The number of unbranched alkanes of at least 4 members (excludes halogenated alkanes) is 15. The first-order chi connectivity index (χ1) is 14.3. The van der Waals surface area contributed by atoms with Crippen molar-refractivity contribution in [3.05, 3.63) is 0 Å². The molecule has 0 fully saturated rings. The summed E-state index contributed by atoms with van der Waals surface area (Å²) >= 11 is 0. The Morgan fingerprint density at radius 3 is 1.38 bits per heavy atom. The molecule has 1 unspecified atom stereocenters. The molecule has 1 atom stereocenters. The summed E-state index contributed by atoms with van der Waals surface area (Å²) in [6.07, 6.45) is 18.2. The van der Waals surface area contributed by atoms with Gasteiger partial charge in [0.2, 0.25) is 0 Å². The number of carboxylic acid groups (broad SMARTS) is 1. The quantitative estimate of drug-likeness (QED) is 0.0772. The van der Waals surface area contributed by atoms with E-state index in [2.05, 4.69) is 6.92 Å². The van der Waals surface area contributed by atoms with E-state index >= 15 is 0 Å². The van der Waals surface area contributed by atoms with Crippen molar-refractivity contribution in [1.29, 1.82) is 0 Å². The van der Waals surface area contributed by atoms with Gasteiger partial charge >= 0.3 is 65.1 Å². The van der Waals surface area contributed by atoms with Gasteiger partial charge in [-0.1, -0.05) is 103 Å². The van der Waals surface area contributed by atoms with Crippen LogP contribution in [0.15, 0.2) is 0 Å². The predicted octanol–water partition coefficient (Wildman–Crippen LogP) is -2.15. The maximum Gasteiger partial charge on any atom is 1.00 e. The molecule has 10 heteroatoms. The Morgan fingerprint density at radius 2 is 1.06 bits per heavy atom. The first kappa shape index (κ1) is 37.4. The van der Waals surface area contributed by atoms with Crippen molar-refractivity contribution in [2.75, 3.05) is 6.61 Å². The number of carbonyl (C=O) groups is 2. The summed E-state index contributed by atoms with van der Waals surface area (Å²) in [5, 5.41) is 8.24. The molecular weight excluding hydrogens is 454 g/mol. The van der Waals surface area contributed by atoms with Crippen molar-refractivity contribution in [2.24, 2.45) is 0 Å². The van der Waals surface area contributed by atoms with Crippen molar-refractivity contribution in [3.63, 3.8) is 0 Å². The summed E-state index contributed by atoms with van der Waals surface area (Å²) in [7, 11) is -5.08. The first-order valence-electron chi connectivity index (χ1n) is 11.6. The number of aliphatic carboxylic acids is 1. The summed E-state index contributed by atoms with van der Waals surface area (Å²) in [6.45, 7) is 2.22. The van der Waals surface area contributed by atoms with Crippen LogP contribution < -0.4 is 64.2 Å². The van der Waals surface area contributed by atoms with Crippen LogP contribution in [0.3, 0.4) is 0 Å². The average Bonchev–Trinajstić information content (AvgIpc) is 2.67. The molecule has 0 amide bonds. The van der Waals surface area contributed by atoms with Crippen LogP contribution in [0.4, 0.5) is 0 Å². The van der Waals surface area contributed by atoms with E-state index in [9.17, 15) is 27.7 Å². The zero-order chi connectivity index (χ0) is 22.7. The van der Waals surface area contributed by atoms with Gasteiger partial charge in [-0.3, -0.25) is 4.79 Å². The number of hydrogen-bond donors (Lipinski definition) is 0. The van der Waals surface area contributed by atoms with Gasteiger partial charge in [0.1, 0.15) is 10.1 Å². The Kier molecular flexibility index (Phi) is 29.2. The van der Waals surface area contributed by atoms with E-state index in [0.717, 1.165) is 19.3 Å². The Hall–Kier alpha value is 0.850. The zero-order valence-corrected chi connectivity index (χ0v) is 25.4. The minimum absolute atomic E-state index is 0. The molecule has 0 aliphatic rings. The molecule has 0 aliphatic heterocycles. The Labute approximate surface area is 239 Å². The Morgan fingerprint density at radius 1 is 0.719 bits per heavy atom. The molecule has 0 saturated heterocycles. The number of rotatable bonds is 21. The molecule has 0 spiro atoms. The van der Waals surface area contributed by atoms with E-state index in [1.54, 1.807) is 0 Å². The fourth-order valence-electron chi connectivity index (χ4n) is 3.37. The molecular formula is C22H40Na2O7S. The van der Waals surface area contributed by atoms with E-state index < -0.39 is 33.7 Å². The van der Waals surface area contributed by atoms with Gasteiger partial charge in [-0.2, -0.15) is 0 Å². The standard InChI is InChI=1S/C22H42O7S.2Na/c1-2-3-4-5-6-7-8-9-10-11-12-13-14-15-16-17-18-29-22(25)20(19-21(23)24)30(26,27)28;;/h20H,2-19H2,1H3,(H,23,24)(H,26,27,28);;/q;2*+1/p-2. The molecule has 0 rings (SSSR count). The molecule has 0 bridgehead atoms. The van der Waals surface area contributed by atoms with E-state index in [0.29, 0.717) is 6.42 Å². The second kappa shape index (κ2) is 25.0. The van der Waals surface area contributed by atoms with Crippen LogP contribution in [0.2, 0.25) is 0 Å². The van der Waals surface area contributed by atoms with Crippen molar-refractivity contribution in [2.45, 2.75) is 121 Å². The van der Waals surface area contributed by atoms with Gasteiger partial charge in [0, 0.05) is 12.4 Å². The Bertz CT molecular complexity index is 556. The second-order valence-electron chi connectivity index (χ2n) is 8.03. The molecule has 7 nitrogen and oxygen atoms in total. The van der Waals surface area contributed by atoms with E-state index in [-0.39, 0.29) is 65.7 Å². The van der Waals surface area contributed by atoms with Crippen molar-refractivity contribution < 1.29 is 91.5 Å². The number of carbonyl (C=O) groups excluding carboxylic acids is 2. The fourth-order valence-corrected chi connectivity index (χ4v) is 4.01. The number of esters is 1. The normalized spacial score (nSPS) is 11.8. The van der Waals surface area contributed by atoms with E-state index in [4.69, 9.17) is 4.74 Å². The molecule has 0 aromatic rings. The minimum Gasteiger partial charge on any atom is -0.747 e. The van der Waals surface area contributed by atoms with E-state index in [1.807, 2.05) is 0 Å². The summed E-state index contributed by atoms with van der Waals surface area (Å²) in [6, 6.07) is 0. The van der Waals surface area contributed by atoms with Crippen molar-refractivity contribution in [1.82, 2.24) is 0 Å². The van der Waals surface area contributed by atoms with Gasteiger partial charge in [0.25, 0.3) is 0 Å². The third-order valence-electron chi connectivity index (χ3n) is 5.21. The van der Waals surface area contributed by atoms with Crippen LogP contribution >= 0.6 is 0 Å². The number of ether oxygens (including phenoxy) is 1. The summed E-state index contributed by atoms with van der Waals surface area (Å²) < 4.78 is 37.6. The van der Waals surface area contributed by atoms with Crippen molar-refractivity contribution in [3.8, 4) is 0 Å². The van der Waals surface area contributed by atoms with Crippen molar-refractivity contribution >= 4 is 22.1 Å². The average molecular weight is 495 g/mol. The van der Waals surface area contributed by atoms with Gasteiger partial charge in [0.15, 0.2) is 5.25 Å². The molecule has 178 valence electrons. The van der Waals surface area contributed by atoms with Crippen LogP contribution in [0.1, 0.15) is 116 Å². The van der Waals surface area contributed by atoms with Gasteiger partial charge in [0.05, 0.1) is 6.61 Å². The maximum absolute atomic E-state index is 11.6. The monoisotopic (exact) mass is 494 g/mol. The van der Waals surface area contributed by atoms with Gasteiger partial charge in [-0.15, -0.1) is 0 Å². The van der Waals surface area contributed by atoms with Crippen LogP contribution in [0.25, 0.3) is 0 Å². The molecule has 0 aromatic heterocycles. The van der Waals surface area contributed by atoms with E-state index in [1.165, 1.54) is 77.0 Å². The van der Waals surface area contributed by atoms with Gasteiger partial charge in [-0.25, -0.2) is 8.42 Å². The molecule has 0 radical (unpaired) electrons. The van der Waals surface area contributed by atoms with Crippen LogP contribution in [0, 0.1) is 0 Å². The van der Waals surface area contributed by atoms with Crippen LogP contribution in [-0.2, 0) is 24.4 Å². The van der Waals surface area contributed by atoms with Crippen LogP contribution in [-0.4, -0.2) is 36.8 Å². The smallest absolute Gasteiger partial charge is 0.747 e. The number of carboxylic acids is 1.